The van der Waals surface area contributed by atoms with Gasteiger partial charge >= 0.3 is 0 Å². The SMILES string of the molecule is Nc1ccc(CC(C2=CNI=N2)c2nn[nH]n2)cn1. The van der Waals surface area contributed by atoms with Crippen molar-refractivity contribution < 1.29 is 0 Å². The molecule has 0 saturated carbocycles. The van der Waals surface area contributed by atoms with Gasteiger partial charge in [-0.3, -0.25) is 0 Å². The van der Waals surface area contributed by atoms with Crippen molar-refractivity contribution in [3.8, 4) is 0 Å². The van der Waals surface area contributed by atoms with E-state index in [-0.39, 0.29) is 27.2 Å². The maximum absolute atomic E-state index is 5.59. The third kappa shape index (κ3) is 2.75. The summed E-state index contributed by atoms with van der Waals surface area (Å²) < 4.78 is 7.67. The van der Waals surface area contributed by atoms with Crippen LogP contribution in [0.3, 0.4) is 0 Å². The molecule has 1 unspecified atom stereocenters. The fourth-order valence-electron chi connectivity index (χ4n) is 1.78. The fraction of sp³-hybridized carbons (Fsp3) is 0.200. The van der Waals surface area contributed by atoms with Crippen LogP contribution in [0.25, 0.3) is 0 Å². The summed E-state index contributed by atoms with van der Waals surface area (Å²) in [4.78, 5) is 4.09. The number of nitrogens with zero attached hydrogens (tertiary/aromatic N) is 5. The summed E-state index contributed by atoms with van der Waals surface area (Å²) in [5, 5.41) is 14.2. The molecule has 4 N–H and O–H groups in total. The summed E-state index contributed by atoms with van der Waals surface area (Å²) in [6.45, 7) is 0. The minimum Gasteiger partial charge on any atom is -0.384 e. The molecule has 0 aromatic carbocycles. The van der Waals surface area contributed by atoms with E-state index in [2.05, 4.69) is 32.3 Å². The van der Waals surface area contributed by atoms with E-state index in [0.717, 1.165) is 11.3 Å². The van der Waals surface area contributed by atoms with Gasteiger partial charge in [0.05, 0.1) is 11.6 Å². The third-order valence-electron chi connectivity index (χ3n) is 2.71. The number of rotatable bonds is 4. The number of pyridine rings is 1. The average molecular weight is 370 g/mol. The molecule has 8 nitrogen and oxygen atoms in total. The Hall–Kier alpha value is -1.91. The van der Waals surface area contributed by atoms with Crippen LogP contribution in [0.15, 0.2) is 33.4 Å². The number of hydrogen-bond donors (Lipinski definition) is 3. The van der Waals surface area contributed by atoms with E-state index in [9.17, 15) is 0 Å². The van der Waals surface area contributed by atoms with E-state index in [0.29, 0.717) is 18.1 Å². The number of aromatic nitrogens is 5. The normalized spacial score (nSPS) is 15.5. The lowest BCUT2D eigenvalue weighted by Gasteiger charge is -2.11. The fourth-order valence-corrected chi connectivity index (χ4v) is 3.13. The first-order valence-electron chi connectivity index (χ1n) is 5.56. The molecule has 0 fully saturated rings. The van der Waals surface area contributed by atoms with Crippen LogP contribution in [-0.2, 0) is 6.42 Å². The minimum absolute atomic E-state index is 0.0149. The molecule has 1 atom stereocenters. The number of nitrogen functional groups attached to an aromatic ring is 1. The van der Waals surface area contributed by atoms with Gasteiger partial charge in [0.25, 0.3) is 0 Å². The Bertz CT molecular complexity index is 603. The average Bonchev–Trinajstić information content (AvgIpc) is 3.11. The predicted molar refractivity (Wildman–Crippen MR) is 76.9 cm³/mol. The summed E-state index contributed by atoms with van der Waals surface area (Å²) in [7, 11) is 0. The smallest absolute Gasteiger partial charge is 0.183 e. The van der Waals surface area contributed by atoms with Crippen LogP contribution in [0, 0.1) is 0 Å². The Morgan fingerprint density at radius 1 is 1.37 bits per heavy atom. The van der Waals surface area contributed by atoms with Crippen molar-refractivity contribution in [3.05, 3.63) is 41.6 Å². The number of hydrogen-bond acceptors (Lipinski definition) is 7. The third-order valence-corrected chi connectivity index (χ3v) is 4.10. The van der Waals surface area contributed by atoms with E-state index in [1.165, 1.54) is 0 Å². The molecule has 0 radical (unpaired) electrons. The lowest BCUT2D eigenvalue weighted by Crippen LogP contribution is -2.08. The number of halogens is 1. The lowest BCUT2D eigenvalue weighted by molar-refractivity contribution is 0.718. The number of H-pyrrole nitrogens is 1. The Balaban J connectivity index is 1.87. The predicted octanol–water partition coefficient (Wildman–Crippen LogP) is 1.02. The summed E-state index contributed by atoms with van der Waals surface area (Å²) in [5.41, 5.74) is 7.61. The highest BCUT2D eigenvalue weighted by molar-refractivity contribution is 14.1. The summed E-state index contributed by atoms with van der Waals surface area (Å²) in [6.07, 6.45) is 4.41. The van der Waals surface area contributed by atoms with E-state index in [1.807, 2.05) is 12.3 Å². The maximum Gasteiger partial charge on any atom is 0.183 e. The lowest BCUT2D eigenvalue weighted by atomic mass is 9.97. The molecule has 1 aliphatic heterocycles. The van der Waals surface area contributed by atoms with Crippen molar-refractivity contribution >= 4 is 27.1 Å². The number of aromatic amines is 1. The highest BCUT2D eigenvalue weighted by Crippen LogP contribution is 2.30. The van der Waals surface area contributed by atoms with E-state index >= 15 is 0 Å². The number of anilines is 1. The molecular weight excluding hydrogens is 359 g/mol. The molecule has 3 heterocycles. The monoisotopic (exact) mass is 370 g/mol. The Kier molecular flexibility index (Phi) is 3.44. The Labute approximate surface area is 119 Å². The Morgan fingerprint density at radius 3 is 2.95 bits per heavy atom. The van der Waals surface area contributed by atoms with Crippen molar-refractivity contribution in [3.63, 3.8) is 0 Å². The van der Waals surface area contributed by atoms with Gasteiger partial charge in [-0.1, -0.05) is 11.3 Å². The van der Waals surface area contributed by atoms with Crippen LogP contribution in [0.5, 0.6) is 0 Å². The van der Waals surface area contributed by atoms with Crippen LogP contribution < -0.4 is 9.26 Å². The van der Waals surface area contributed by atoms with Gasteiger partial charge in [0.1, 0.15) is 27.1 Å². The summed E-state index contributed by atoms with van der Waals surface area (Å²) in [6, 6.07) is 3.74. The minimum atomic E-state index is -0.330. The van der Waals surface area contributed by atoms with Crippen LogP contribution >= 0.6 is 21.3 Å². The molecule has 0 aliphatic carbocycles. The van der Waals surface area contributed by atoms with Crippen LogP contribution in [0.1, 0.15) is 17.3 Å². The van der Waals surface area contributed by atoms with E-state index in [1.54, 1.807) is 12.3 Å². The molecule has 0 spiro atoms. The van der Waals surface area contributed by atoms with Gasteiger partial charge < -0.3 is 9.26 Å². The molecule has 98 valence electrons. The van der Waals surface area contributed by atoms with Gasteiger partial charge in [-0.15, -0.1) is 10.2 Å². The number of nitrogens with two attached hydrogens (primary N) is 1. The largest absolute Gasteiger partial charge is 0.384 e. The molecule has 2 aromatic heterocycles. The van der Waals surface area contributed by atoms with Crippen molar-refractivity contribution in [1.82, 2.24) is 29.1 Å². The van der Waals surface area contributed by atoms with Crippen molar-refractivity contribution in [2.75, 3.05) is 5.73 Å². The number of tetrazole rings is 1. The summed E-state index contributed by atoms with van der Waals surface area (Å²) in [5.74, 6) is 1.13. The second kappa shape index (κ2) is 5.38. The first kappa shape index (κ1) is 12.1. The van der Waals surface area contributed by atoms with Gasteiger partial charge in [0, 0.05) is 12.4 Å². The van der Waals surface area contributed by atoms with Gasteiger partial charge in [0.2, 0.25) is 0 Å². The summed E-state index contributed by atoms with van der Waals surface area (Å²) >= 11 is -0.330. The molecule has 0 bridgehead atoms. The Morgan fingerprint density at radius 2 is 2.32 bits per heavy atom. The van der Waals surface area contributed by atoms with E-state index in [4.69, 9.17) is 5.73 Å². The molecule has 1 aliphatic rings. The van der Waals surface area contributed by atoms with Crippen molar-refractivity contribution in [2.45, 2.75) is 12.3 Å². The van der Waals surface area contributed by atoms with Crippen molar-refractivity contribution in [2.24, 2.45) is 3.15 Å². The zero-order valence-electron chi connectivity index (χ0n) is 9.79. The topological polar surface area (TPSA) is 118 Å². The van der Waals surface area contributed by atoms with Crippen LogP contribution in [0.2, 0.25) is 0 Å². The van der Waals surface area contributed by atoms with Crippen LogP contribution in [0.4, 0.5) is 5.82 Å². The van der Waals surface area contributed by atoms with Crippen molar-refractivity contribution in [1.29, 1.82) is 0 Å². The second-order valence-electron chi connectivity index (χ2n) is 3.97. The quantitative estimate of drug-likeness (QED) is 0.546. The van der Waals surface area contributed by atoms with Gasteiger partial charge in [-0.05, 0) is 18.1 Å². The van der Waals surface area contributed by atoms with Gasteiger partial charge in [-0.2, -0.15) is 5.21 Å². The standard InChI is InChI=1S/C10H11IN8/c12-9-2-1-6(4-13-9)3-7(8-5-14-11-15-8)10-16-18-19-17-10/h1-2,4-5,7H,3H2,(H2,12,13)(H,14,15)(H,16,17,18,19). The molecule has 2 aromatic rings. The second-order valence-corrected chi connectivity index (χ2v) is 5.55. The van der Waals surface area contributed by atoms with Crippen LogP contribution in [-0.4, -0.2) is 25.6 Å². The highest BCUT2D eigenvalue weighted by Gasteiger charge is 2.23. The van der Waals surface area contributed by atoms with E-state index < -0.39 is 0 Å². The first-order chi connectivity index (χ1) is 9.33. The van der Waals surface area contributed by atoms with Gasteiger partial charge in [0.15, 0.2) is 5.82 Å². The number of allylic oxidation sites excluding steroid dienone is 1. The molecule has 0 amide bonds. The molecule has 3 rings (SSSR count). The molecular formula is C10H11IN8. The number of nitrogens with one attached hydrogen (secondary N) is 2. The molecule has 9 heteroatoms. The van der Waals surface area contributed by atoms with Gasteiger partial charge in [-0.25, -0.2) is 8.13 Å². The first-order valence-corrected chi connectivity index (χ1v) is 7.61. The molecule has 19 heavy (non-hydrogen) atoms. The molecule has 0 saturated heterocycles. The highest BCUT2D eigenvalue weighted by atomic mass is 127. The maximum atomic E-state index is 5.59. The zero-order valence-corrected chi connectivity index (χ0v) is 11.9. The zero-order chi connectivity index (χ0) is 13.1.